The van der Waals surface area contributed by atoms with E-state index in [4.69, 9.17) is 12.0 Å². The van der Waals surface area contributed by atoms with E-state index in [2.05, 4.69) is 9.58 Å². The van der Waals surface area contributed by atoms with Gasteiger partial charge in [-0.3, -0.25) is 10.2 Å². The Bertz CT molecular complexity index is 207. The van der Waals surface area contributed by atoms with Gasteiger partial charge in [0.15, 0.2) is 0 Å². The van der Waals surface area contributed by atoms with Crippen molar-refractivity contribution in [3.63, 3.8) is 0 Å². The molecule has 0 radical (unpaired) electrons. The Balaban J connectivity index is 4.39. The molecular weight excluding hydrogens is 120 g/mol. The summed E-state index contributed by atoms with van der Waals surface area (Å²) in [6, 6.07) is 0. The second kappa shape index (κ2) is 3.42. The maximum absolute atomic E-state index is 10.3. The van der Waals surface area contributed by atoms with Crippen LogP contribution in [0.5, 0.6) is 0 Å². The fourth-order valence-corrected chi connectivity index (χ4v) is 0.221. The van der Waals surface area contributed by atoms with Crippen LogP contribution in [0.4, 0.5) is 0 Å². The molecule has 0 aliphatic heterocycles. The van der Waals surface area contributed by atoms with Gasteiger partial charge in [0.25, 0.3) is 0 Å². The van der Waals surface area contributed by atoms with Gasteiger partial charge >= 0.3 is 11.7 Å². The number of methoxy groups -OCH3 is 1. The monoisotopic (exact) mass is 124 g/mol. The number of ether oxygens (including phenoxy) is 1. The Kier molecular flexibility index (Phi) is 2.81. The zero-order valence-corrected chi connectivity index (χ0v) is 4.76. The minimum atomic E-state index is -0.819. The first-order chi connectivity index (χ1) is 4.26. The van der Waals surface area contributed by atoms with E-state index in [1.54, 1.807) is 5.87 Å². The van der Waals surface area contributed by atoms with Gasteiger partial charge in [-0.15, -0.1) is 0 Å². The zero-order chi connectivity index (χ0) is 7.28. The Morgan fingerprint density at radius 1 is 1.89 bits per heavy atom. The Labute approximate surface area is 52.1 Å². The van der Waals surface area contributed by atoms with Crippen LogP contribution in [0.25, 0.3) is 4.85 Å². The molecule has 0 amide bonds. The first kappa shape index (κ1) is 7.41. The first-order valence-corrected chi connectivity index (χ1v) is 2.01. The van der Waals surface area contributed by atoms with Gasteiger partial charge in [0, 0.05) is 0 Å². The molecular formula is C5H4N2O2. The Hall–Kier alpha value is -1.59. The maximum atomic E-state index is 10.3. The second-order valence-electron chi connectivity index (χ2n) is 1.08. The van der Waals surface area contributed by atoms with Gasteiger partial charge in [0.1, 0.15) is 0 Å². The summed E-state index contributed by atoms with van der Waals surface area (Å²) in [5.74, 6) is 0.821. The predicted octanol–water partition coefficient (Wildman–Crippen LogP) is 0.211. The fourth-order valence-electron chi connectivity index (χ4n) is 0.221. The molecule has 0 bridgehead atoms. The summed E-state index contributed by atoms with van der Waals surface area (Å²) < 4.78 is 4.12. The molecule has 0 aromatic rings. The van der Waals surface area contributed by atoms with E-state index in [9.17, 15) is 4.79 Å². The number of hydrogen-bond acceptors (Lipinski definition) is 3. The SMILES string of the molecule is [C-]#[N+]C(=C=N)C(=O)OC. The minimum absolute atomic E-state index is 0.433. The van der Waals surface area contributed by atoms with Gasteiger partial charge in [-0.25, -0.2) is 4.85 Å². The quantitative estimate of drug-likeness (QED) is 0.235. The van der Waals surface area contributed by atoms with E-state index in [0.29, 0.717) is 0 Å². The molecule has 0 aromatic carbocycles. The number of nitrogens with one attached hydrogen (secondary N) is 1. The lowest BCUT2D eigenvalue weighted by molar-refractivity contribution is -0.135. The summed E-state index contributed by atoms with van der Waals surface area (Å²) in [4.78, 5) is 13.0. The molecule has 0 rings (SSSR count). The Morgan fingerprint density at radius 3 is 2.56 bits per heavy atom. The number of carbonyl (C=O) groups is 1. The summed E-state index contributed by atoms with van der Waals surface area (Å²) >= 11 is 0. The molecule has 0 spiro atoms. The van der Waals surface area contributed by atoms with E-state index in [0.717, 1.165) is 7.11 Å². The largest absolute Gasteiger partial charge is 0.473 e. The molecule has 0 unspecified atom stereocenters. The van der Waals surface area contributed by atoms with E-state index in [1.807, 2.05) is 0 Å². The third-order valence-electron chi connectivity index (χ3n) is 0.609. The van der Waals surface area contributed by atoms with Crippen LogP contribution >= 0.6 is 0 Å². The smallest absolute Gasteiger partial charge is 0.346 e. The number of esters is 1. The van der Waals surface area contributed by atoms with Gasteiger partial charge in [-0.2, -0.15) is 0 Å². The van der Waals surface area contributed by atoms with Crippen molar-refractivity contribution in [2.24, 2.45) is 0 Å². The van der Waals surface area contributed by atoms with Crippen molar-refractivity contribution in [2.75, 3.05) is 7.11 Å². The highest BCUT2D eigenvalue weighted by Gasteiger charge is 2.06. The van der Waals surface area contributed by atoms with Crippen LogP contribution in [0.15, 0.2) is 5.70 Å². The molecule has 9 heavy (non-hydrogen) atoms. The van der Waals surface area contributed by atoms with Crippen molar-refractivity contribution < 1.29 is 9.53 Å². The molecule has 0 aromatic heterocycles. The van der Waals surface area contributed by atoms with E-state index in [-0.39, 0.29) is 0 Å². The van der Waals surface area contributed by atoms with Crippen molar-refractivity contribution >= 4 is 11.8 Å². The lowest BCUT2D eigenvalue weighted by Crippen LogP contribution is -2.01. The van der Waals surface area contributed by atoms with Crippen LogP contribution in [0.2, 0.25) is 0 Å². The maximum Gasteiger partial charge on any atom is 0.346 e. The Morgan fingerprint density at radius 2 is 2.44 bits per heavy atom. The van der Waals surface area contributed by atoms with Crippen molar-refractivity contribution in [1.29, 1.82) is 5.41 Å². The van der Waals surface area contributed by atoms with Gasteiger partial charge < -0.3 is 4.74 Å². The third kappa shape index (κ3) is 1.76. The summed E-state index contributed by atoms with van der Waals surface area (Å²) in [5.41, 5.74) is -0.433. The number of nitrogens with zero attached hydrogens (tertiary/aromatic N) is 1. The van der Waals surface area contributed by atoms with Gasteiger partial charge in [-0.05, 0) is 5.87 Å². The minimum Gasteiger partial charge on any atom is -0.473 e. The number of rotatable bonds is 1. The summed E-state index contributed by atoms with van der Waals surface area (Å²) in [5, 5.41) is 6.39. The van der Waals surface area contributed by atoms with Gasteiger partial charge in [-0.1, -0.05) is 0 Å². The normalized spacial score (nSPS) is 6.67. The fraction of sp³-hybridized carbons (Fsp3) is 0.200. The lowest BCUT2D eigenvalue weighted by atomic mass is 10.5. The standard InChI is InChI=1S/C5H4N2O2/c1-7-4(3-6)5(8)9-2/h6H,2H3. The molecule has 46 valence electrons. The molecule has 0 saturated carbocycles. The van der Waals surface area contributed by atoms with Crippen molar-refractivity contribution in [1.82, 2.24) is 0 Å². The van der Waals surface area contributed by atoms with Crippen LogP contribution < -0.4 is 0 Å². The summed E-state index contributed by atoms with van der Waals surface area (Å²) in [6.45, 7) is 6.30. The first-order valence-electron chi connectivity index (χ1n) is 2.01. The molecule has 0 heterocycles. The predicted molar refractivity (Wildman–Crippen MR) is 29.9 cm³/mol. The average molecular weight is 124 g/mol. The zero-order valence-electron chi connectivity index (χ0n) is 4.76. The average Bonchev–Trinajstić information content (AvgIpc) is 1.90. The highest BCUT2D eigenvalue weighted by Crippen LogP contribution is 1.91. The highest BCUT2D eigenvalue weighted by molar-refractivity contribution is 5.98. The van der Waals surface area contributed by atoms with E-state index in [1.165, 1.54) is 0 Å². The van der Waals surface area contributed by atoms with E-state index < -0.39 is 11.7 Å². The van der Waals surface area contributed by atoms with Crippen molar-refractivity contribution in [3.05, 3.63) is 17.1 Å². The second-order valence-corrected chi connectivity index (χ2v) is 1.08. The number of hydrogen-bond donors (Lipinski definition) is 1. The molecule has 0 atom stereocenters. The molecule has 4 heteroatoms. The summed E-state index contributed by atoms with van der Waals surface area (Å²) in [6.07, 6.45) is 0. The molecule has 4 nitrogen and oxygen atoms in total. The van der Waals surface area contributed by atoms with Crippen LogP contribution in [0, 0.1) is 12.0 Å². The number of carbonyl (C=O) groups excluding carboxylic acids is 1. The third-order valence-corrected chi connectivity index (χ3v) is 0.609. The molecule has 1 N–H and O–H groups in total. The van der Waals surface area contributed by atoms with Crippen LogP contribution in [-0.4, -0.2) is 18.9 Å². The lowest BCUT2D eigenvalue weighted by Gasteiger charge is -1.88. The van der Waals surface area contributed by atoms with Crippen LogP contribution in [-0.2, 0) is 9.53 Å². The van der Waals surface area contributed by atoms with E-state index >= 15 is 0 Å². The molecule has 0 aliphatic carbocycles. The highest BCUT2D eigenvalue weighted by atomic mass is 16.5. The molecule has 0 fully saturated rings. The molecule has 0 aliphatic rings. The van der Waals surface area contributed by atoms with Crippen molar-refractivity contribution in [3.8, 4) is 0 Å². The van der Waals surface area contributed by atoms with Crippen LogP contribution in [0.1, 0.15) is 0 Å². The topological polar surface area (TPSA) is 54.5 Å². The summed E-state index contributed by atoms with van der Waals surface area (Å²) in [7, 11) is 1.14. The molecule has 0 saturated heterocycles. The van der Waals surface area contributed by atoms with Crippen LogP contribution in [0.3, 0.4) is 0 Å². The van der Waals surface area contributed by atoms with Crippen molar-refractivity contribution in [2.45, 2.75) is 0 Å². The van der Waals surface area contributed by atoms with Gasteiger partial charge in [0.2, 0.25) is 0 Å². The van der Waals surface area contributed by atoms with Gasteiger partial charge in [0.05, 0.1) is 13.7 Å².